The number of nitrogens with one attached hydrogen (secondary N) is 3. The molecular weight excluding hydrogens is 483 g/mol. The number of aromatic nitrogens is 7. The summed E-state index contributed by atoms with van der Waals surface area (Å²) in [6, 6.07) is 13.9. The average Bonchev–Trinajstić information content (AvgIpc) is 3.58. The Morgan fingerprint density at radius 3 is 2.55 bits per heavy atom. The van der Waals surface area contributed by atoms with Crippen LogP contribution in [0.15, 0.2) is 67.1 Å². The first-order valence-corrected chi connectivity index (χ1v) is 12.5. The minimum absolute atomic E-state index is 0.187. The molecule has 5 aromatic heterocycles. The zero-order valence-electron chi connectivity index (χ0n) is 20.3. The molecule has 7 rings (SSSR count). The van der Waals surface area contributed by atoms with E-state index in [1.165, 1.54) is 12.1 Å². The van der Waals surface area contributed by atoms with Crippen LogP contribution in [-0.2, 0) is 0 Å². The lowest BCUT2D eigenvalue weighted by atomic mass is 10.1. The van der Waals surface area contributed by atoms with Crippen molar-refractivity contribution in [2.24, 2.45) is 0 Å². The van der Waals surface area contributed by atoms with Crippen LogP contribution in [0, 0.1) is 5.82 Å². The second-order valence-electron chi connectivity index (χ2n) is 9.29. The summed E-state index contributed by atoms with van der Waals surface area (Å²) in [6.07, 6.45) is 7.37. The van der Waals surface area contributed by atoms with Crippen LogP contribution in [0.1, 0.15) is 12.8 Å². The van der Waals surface area contributed by atoms with Crippen LogP contribution in [0.25, 0.3) is 56.1 Å². The third-order valence-electron chi connectivity index (χ3n) is 6.75. The molecular formula is C28H23FN8O. The summed E-state index contributed by atoms with van der Waals surface area (Å²) in [4.78, 5) is 22.0. The summed E-state index contributed by atoms with van der Waals surface area (Å²) in [5, 5.41) is 10.9. The van der Waals surface area contributed by atoms with Gasteiger partial charge in [0.05, 0.1) is 28.6 Å². The summed E-state index contributed by atoms with van der Waals surface area (Å²) in [6.45, 7) is 1.92. The van der Waals surface area contributed by atoms with Crippen molar-refractivity contribution in [3.63, 3.8) is 0 Å². The van der Waals surface area contributed by atoms with Crippen molar-refractivity contribution in [2.75, 3.05) is 13.1 Å². The second-order valence-corrected chi connectivity index (χ2v) is 9.29. The van der Waals surface area contributed by atoms with Crippen LogP contribution >= 0.6 is 0 Å². The fourth-order valence-electron chi connectivity index (χ4n) is 4.82. The van der Waals surface area contributed by atoms with E-state index in [1.54, 1.807) is 30.7 Å². The van der Waals surface area contributed by atoms with Crippen LogP contribution in [0.4, 0.5) is 4.39 Å². The molecule has 0 aliphatic carbocycles. The number of nitrogens with zero attached hydrogens (tertiary/aromatic N) is 5. The van der Waals surface area contributed by atoms with Gasteiger partial charge in [-0.15, -0.1) is 0 Å². The summed E-state index contributed by atoms with van der Waals surface area (Å²) < 4.78 is 19.6. The fourth-order valence-corrected chi connectivity index (χ4v) is 4.82. The van der Waals surface area contributed by atoms with Crippen molar-refractivity contribution in [3.8, 4) is 39.8 Å². The van der Waals surface area contributed by atoms with Gasteiger partial charge in [-0.25, -0.2) is 14.4 Å². The van der Waals surface area contributed by atoms with Crippen LogP contribution < -0.4 is 10.1 Å². The SMILES string of the molecule is Fc1ccc(-c2nccc3[nH]c(-c4n[nH]c5ccc(-c6cncc(OC7CCNCC7)c6)nc45)nc23)cc1. The third kappa shape index (κ3) is 4.14. The Kier molecular flexibility index (Phi) is 5.51. The molecule has 38 heavy (non-hydrogen) atoms. The Morgan fingerprint density at radius 1 is 0.842 bits per heavy atom. The van der Waals surface area contributed by atoms with E-state index in [2.05, 4.69) is 30.5 Å². The van der Waals surface area contributed by atoms with Gasteiger partial charge >= 0.3 is 0 Å². The molecule has 188 valence electrons. The Hall–Kier alpha value is -4.70. The first-order chi connectivity index (χ1) is 18.7. The van der Waals surface area contributed by atoms with Gasteiger partial charge in [-0.05, 0) is 74.5 Å². The summed E-state index contributed by atoms with van der Waals surface area (Å²) in [5.41, 5.74) is 6.60. The van der Waals surface area contributed by atoms with Gasteiger partial charge in [0.15, 0.2) is 11.5 Å². The quantitative estimate of drug-likeness (QED) is 0.305. The molecule has 1 fully saturated rings. The maximum Gasteiger partial charge on any atom is 0.161 e. The molecule has 0 atom stereocenters. The molecule has 1 saturated heterocycles. The van der Waals surface area contributed by atoms with Gasteiger partial charge in [-0.2, -0.15) is 5.10 Å². The molecule has 1 aromatic carbocycles. The van der Waals surface area contributed by atoms with E-state index in [0.29, 0.717) is 28.2 Å². The van der Waals surface area contributed by atoms with E-state index in [-0.39, 0.29) is 11.9 Å². The number of imidazole rings is 1. The zero-order chi connectivity index (χ0) is 25.5. The van der Waals surface area contributed by atoms with Crippen molar-refractivity contribution < 1.29 is 9.13 Å². The van der Waals surface area contributed by atoms with Crippen molar-refractivity contribution in [2.45, 2.75) is 18.9 Å². The van der Waals surface area contributed by atoms with E-state index in [0.717, 1.165) is 59.5 Å². The molecule has 3 N–H and O–H groups in total. The highest BCUT2D eigenvalue weighted by molar-refractivity contribution is 5.95. The van der Waals surface area contributed by atoms with Crippen LogP contribution in [-0.4, -0.2) is 54.3 Å². The zero-order valence-corrected chi connectivity index (χ0v) is 20.3. The highest BCUT2D eigenvalue weighted by Crippen LogP contribution is 2.31. The summed E-state index contributed by atoms with van der Waals surface area (Å²) in [7, 11) is 0. The first-order valence-electron chi connectivity index (χ1n) is 12.5. The molecule has 0 spiro atoms. The molecule has 1 aliphatic rings. The van der Waals surface area contributed by atoms with Gasteiger partial charge in [0, 0.05) is 23.5 Å². The minimum Gasteiger partial charge on any atom is -0.489 e. The fraction of sp³-hybridized carbons (Fsp3) is 0.179. The summed E-state index contributed by atoms with van der Waals surface area (Å²) >= 11 is 0. The lowest BCUT2D eigenvalue weighted by molar-refractivity contribution is 0.162. The minimum atomic E-state index is -0.299. The highest BCUT2D eigenvalue weighted by Gasteiger charge is 2.18. The maximum absolute atomic E-state index is 13.5. The third-order valence-corrected chi connectivity index (χ3v) is 6.75. The lowest BCUT2D eigenvalue weighted by Gasteiger charge is -2.23. The smallest absolute Gasteiger partial charge is 0.161 e. The van der Waals surface area contributed by atoms with E-state index in [1.807, 2.05) is 24.3 Å². The van der Waals surface area contributed by atoms with Gasteiger partial charge in [0.1, 0.15) is 28.7 Å². The maximum atomic E-state index is 13.5. The number of pyridine rings is 3. The highest BCUT2D eigenvalue weighted by atomic mass is 19.1. The molecule has 0 radical (unpaired) electrons. The Labute approximate surface area is 216 Å². The van der Waals surface area contributed by atoms with Crippen molar-refractivity contribution >= 4 is 22.1 Å². The van der Waals surface area contributed by atoms with E-state index < -0.39 is 0 Å². The standard InChI is InChI=1S/C28H23FN8O/c29-18-3-1-16(2-4-18)24-25-22(9-12-32-24)34-28(35-25)27-26-23(36-37-27)6-5-21(33-26)17-13-20(15-31-14-17)38-19-7-10-30-11-8-19/h1-6,9,12-15,19,30H,7-8,10-11H2,(H,34,35)(H,36,37). The predicted molar refractivity (Wildman–Crippen MR) is 142 cm³/mol. The molecule has 10 heteroatoms. The van der Waals surface area contributed by atoms with E-state index in [9.17, 15) is 4.39 Å². The van der Waals surface area contributed by atoms with Crippen LogP contribution in [0.3, 0.4) is 0 Å². The number of piperidine rings is 1. The number of fused-ring (bicyclic) bond motifs is 2. The van der Waals surface area contributed by atoms with Crippen molar-refractivity contribution in [3.05, 3.63) is 72.9 Å². The molecule has 9 nitrogen and oxygen atoms in total. The predicted octanol–water partition coefficient (Wildman–Crippen LogP) is 4.90. The number of hydrogen-bond donors (Lipinski definition) is 3. The van der Waals surface area contributed by atoms with Gasteiger partial charge in [0.2, 0.25) is 0 Å². The number of benzene rings is 1. The van der Waals surface area contributed by atoms with E-state index >= 15 is 0 Å². The molecule has 0 saturated carbocycles. The number of ether oxygens (including phenoxy) is 1. The monoisotopic (exact) mass is 506 g/mol. The number of rotatable bonds is 5. The van der Waals surface area contributed by atoms with Gasteiger partial charge in [-0.3, -0.25) is 15.1 Å². The van der Waals surface area contributed by atoms with Crippen LogP contribution in [0.2, 0.25) is 0 Å². The Morgan fingerprint density at radius 2 is 1.68 bits per heavy atom. The lowest BCUT2D eigenvalue weighted by Crippen LogP contribution is -2.34. The molecule has 0 amide bonds. The molecule has 0 unspecified atom stereocenters. The first kappa shape index (κ1) is 22.5. The van der Waals surface area contributed by atoms with Gasteiger partial charge in [0.25, 0.3) is 0 Å². The van der Waals surface area contributed by atoms with Crippen molar-refractivity contribution in [1.82, 2.24) is 40.4 Å². The number of aromatic amines is 2. The topological polar surface area (TPSA) is 117 Å². The molecule has 0 bridgehead atoms. The summed E-state index contributed by atoms with van der Waals surface area (Å²) in [5.74, 6) is 1.00. The largest absolute Gasteiger partial charge is 0.489 e. The Bertz CT molecular complexity index is 1750. The molecule has 6 heterocycles. The molecule has 6 aromatic rings. The average molecular weight is 507 g/mol. The van der Waals surface area contributed by atoms with Gasteiger partial charge < -0.3 is 15.0 Å². The normalized spacial score (nSPS) is 14.3. The van der Waals surface area contributed by atoms with E-state index in [4.69, 9.17) is 14.7 Å². The number of H-pyrrole nitrogens is 2. The molecule has 1 aliphatic heterocycles. The van der Waals surface area contributed by atoms with Crippen LogP contribution in [0.5, 0.6) is 5.75 Å². The number of hydrogen-bond acceptors (Lipinski definition) is 7. The second kappa shape index (κ2) is 9.31. The van der Waals surface area contributed by atoms with Gasteiger partial charge in [-0.1, -0.05) is 0 Å². The number of halogens is 1. The Balaban J connectivity index is 1.25. The van der Waals surface area contributed by atoms with Crippen molar-refractivity contribution in [1.29, 1.82) is 0 Å².